The number of hydrogen-bond donors (Lipinski definition) is 2. The lowest BCUT2D eigenvalue weighted by Crippen LogP contribution is -2.34. The third-order valence-electron chi connectivity index (χ3n) is 6.98. The van der Waals surface area contributed by atoms with Gasteiger partial charge in [0.1, 0.15) is 29.7 Å². The number of nitrogens with one attached hydrogen (secondary N) is 1. The van der Waals surface area contributed by atoms with Gasteiger partial charge in [0.2, 0.25) is 5.91 Å². The van der Waals surface area contributed by atoms with E-state index in [0.29, 0.717) is 11.6 Å². The molecule has 7 nitrogen and oxygen atoms in total. The Balaban J connectivity index is 1.52. The molecule has 0 saturated heterocycles. The molecule has 0 spiro atoms. The van der Waals surface area contributed by atoms with Crippen LogP contribution in [0, 0.1) is 17.5 Å². The lowest BCUT2D eigenvalue weighted by atomic mass is 9.86. The monoisotopic (exact) mass is 605 g/mol. The van der Waals surface area contributed by atoms with E-state index in [9.17, 15) is 40.3 Å². The van der Waals surface area contributed by atoms with Crippen LogP contribution in [0.2, 0.25) is 0 Å². The number of nitrogens with zero attached hydrogens (tertiary/aromatic N) is 3. The summed E-state index contributed by atoms with van der Waals surface area (Å²) in [5, 5.41) is 6.23. The van der Waals surface area contributed by atoms with Gasteiger partial charge in [-0.2, -0.15) is 5.10 Å². The van der Waals surface area contributed by atoms with E-state index in [1.54, 1.807) is 6.08 Å². The molecule has 5 rings (SSSR count). The first kappa shape index (κ1) is 29.7. The van der Waals surface area contributed by atoms with Crippen LogP contribution in [-0.2, 0) is 24.2 Å². The number of aliphatic imine (C=N–C) groups is 1. The van der Waals surface area contributed by atoms with Crippen LogP contribution in [0.25, 0.3) is 6.08 Å². The molecule has 224 valence electrons. The topological polar surface area (TPSA) is 102 Å². The second kappa shape index (κ2) is 11.5. The minimum absolute atomic E-state index is 0.0275. The number of carbonyl (C=O) groups excluding carboxylic acids is 2. The zero-order valence-electron chi connectivity index (χ0n) is 22.1. The van der Waals surface area contributed by atoms with Crippen LogP contribution in [0.1, 0.15) is 57.2 Å². The molecule has 0 fully saturated rings. The fourth-order valence-electron chi connectivity index (χ4n) is 5.17. The molecule has 1 aliphatic carbocycles. The van der Waals surface area contributed by atoms with Gasteiger partial charge in [0.15, 0.2) is 0 Å². The van der Waals surface area contributed by atoms with Crippen LogP contribution in [0.3, 0.4) is 0 Å². The van der Waals surface area contributed by atoms with Gasteiger partial charge in [0.25, 0.3) is 18.3 Å². The smallest absolute Gasteiger partial charge is 0.282 e. The fraction of sp³-hybridized carbons (Fsp3) is 0.241. The van der Waals surface area contributed by atoms with Crippen molar-refractivity contribution in [2.45, 2.75) is 44.1 Å². The van der Waals surface area contributed by atoms with Crippen molar-refractivity contribution < 1.29 is 40.3 Å². The third kappa shape index (κ3) is 6.37. The number of nitrogens with two attached hydrogens (primary N) is 1. The highest BCUT2D eigenvalue weighted by Gasteiger charge is 2.43. The maximum atomic E-state index is 14.2. The minimum Gasteiger partial charge on any atom is -0.366 e. The Morgan fingerprint density at radius 1 is 1.09 bits per heavy atom. The van der Waals surface area contributed by atoms with Gasteiger partial charge < -0.3 is 11.1 Å². The Morgan fingerprint density at radius 2 is 1.81 bits per heavy atom. The van der Waals surface area contributed by atoms with Crippen LogP contribution < -0.4 is 11.1 Å². The van der Waals surface area contributed by atoms with E-state index in [0.717, 1.165) is 22.9 Å². The molecule has 0 bridgehead atoms. The summed E-state index contributed by atoms with van der Waals surface area (Å²) in [4.78, 5) is 29.3. The Labute approximate surface area is 239 Å². The first-order valence-corrected chi connectivity index (χ1v) is 12.9. The number of halogens is 7. The number of fused-ring (bicyclic) bond motifs is 1. The number of amides is 2. The van der Waals surface area contributed by atoms with Gasteiger partial charge in [0, 0.05) is 35.9 Å². The molecule has 0 radical (unpaired) electrons. The van der Waals surface area contributed by atoms with Crippen molar-refractivity contribution >= 4 is 23.6 Å². The first-order valence-electron chi connectivity index (χ1n) is 12.9. The van der Waals surface area contributed by atoms with E-state index in [2.05, 4.69) is 15.4 Å². The molecular formula is C29H22F7N5O2. The summed E-state index contributed by atoms with van der Waals surface area (Å²) in [6.07, 6.45) is -0.458. The Kier molecular flexibility index (Phi) is 7.95. The maximum absolute atomic E-state index is 14.2. The van der Waals surface area contributed by atoms with Gasteiger partial charge in [-0.3, -0.25) is 19.3 Å². The molecular weight excluding hydrogens is 583 g/mol. The van der Waals surface area contributed by atoms with Crippen LogP contribution in [0.15, 0.2) is 59.4 Å². The quantitative estimate of drug-likeness (QED) is 0.338. The molecule has 3 aromatic rings. The van der Waals surface area contributed by atoms with E-state index in [4.69, 9.17) is 5.73 Å². The van der Waals surface area contributed by atoms with Gasteiger partial charge >= 0.3 is 0 Å². The summed E-state index contributed by atoms with van der Waals surface area (Å²) in [6.45, 7) is -0.740. The number of alkyl halides is 4. The SMILES string of the molecule is NC(=O)c1cc(C2CC=CN=C2/C(=C/c2cc(F)cc(F)c2)NC(=O)Cn2nc(C(F)F)c3c2CC(F)(F)C3)ccc1F. The van der Waals surface area contributed by atoms with Gasteiger partial charge in [0.05, 0.1) is 23.4 Å². The number of allylic oxidation sites excluding steroid dienone is 2. The fourth-order valence-corrected chi connectivity index (χ4v) is 5.17. The summed E-state index contributed by atoms with van der Waals surface area (Å²) < 4.78 is 98.2. The number of rotatable bonds is 8. The predicted molar refractivity (Wildman–Crippen MR) is 141 cm³/mol. The molecule has 1 atom stereocenters. The van der Waals surface area contributed by atoms with E-state index in [1.807, 2.05) is 0 Å². The van der Waals surface area contributed by atoms with Crippen molar-refractivity contribution in [2.24, 2.45) is 10.7 Å². The molecule has 1 aromatic heterocycles. The highest BCUT2D eigenvalue weighted by molar-refractivity contribution is 6.10. The largest absolute Gasteiger partial charge is 0.366 e. The average Bonchev–Trinajstić information content (AvgIpc) is 3.41. The summed E-state index contributed by atoms with van der Waals surface area (Å²) in [7, 11) is 0. The molecule has 0 saturated carbocycles. The third-order valence-corrected chi connectivity index (χ3v) is 6.98. The van der Waals surface area contributed by atoms with Crippen molar-refractivity contribution in [3.63, 3.8) is 0 Å². The number of benzene rings is 2. The summed E-state index contributed by atoms with van der Waals surface area (Å²) in [6, 6.07) is 6.22. The van der Waals surface area contributed by atoms with Crippen molar-refractivity contribution in [2.75, 3.05) is 0 Å². The number of aromatic nitrogens is 2. The second-order valence-electron chi connectivity index (χ2n) is 10.1. The lowest BCUT2D eigenvalue weighted by Gasteiger charge is -2.24. The normalized spacial score (nSPS) is 17.6. The summed E-state index contributed by atoms with van der Waals surface area (Å²) in [5.41, 5.74) is 3.93. The Bertz CT molecular complexity index is 1690. The number of primary amides is 1. The Morgan fingerprint density at radius 3 is 2.49 bits per heavy atom. The highest BCUT2D eigenvalue weighted by atomic mass is 19.3. The lowest BCUT2D eigenvalue weighted by molar-refractivity contribution is -0.121. The van der Waals surface area contributed by atoms with Crippen molar-refractivity contribution in [3.8, 4) is 0 Å². The molecule has 2 heterocycles. The van der Waals surface area contributed by atoms with Gasteiger partial charge in [-0.05, 0) is 47.9 Å². The van der Waals surface area contributed by atoms with E-state index in [1.165, 1.54) is 24.4 Å². The molecule has 43 heavy (non-hydrogen) atoms. The van der Waals surface area contributed by atoms with Crippen molar-refractivity contribution in [1.29, 1.82) is 0 Å². The van der Waals surface area contributed by atoms with E-state index < -0.39 is 78.2 Å². The van der Waals surface area contributed by atoms with Crippen molar-refractivity contribution in [1.82, 2.24) is 15.1 Å². The van der Waals surface area contributed by atoms with Crippen LogP contribution in [0.5, 0.6) is 0 Å². The predicted octanol–water partition coefficient (Wildman–Crippen LogP) is 5.37. The van der Waals surface area contributed by atoms with Gasteiger partial charge in [-0.25, -0.2) is 30.7 Å². The summed E-state index contributed by atoms with van der Waals surface area (Å²) >= 11 is 0. The van der Waals surface area contributed by atoms with Crippen LogP contribution in [-0.4, -0.2) is 33.2 Å². The highest BCUT2D eigenvalue weighted by Crippen LogP contribution is 2.39. The molecule has 3 N–H and O–H groups in total. The molecule has 2 aliphatic rings. The Hall–Kier alpha value is -4.75. The van der Waals surface area contributed by atoms with Gasteiger partial charge in [-0.15, -0.1) is 0 Å². The molecule has 1 unspecified atom stereocenters. The van der Waals surface area contributed by atoms with Gasteiger partial charge in [-0.1, -0.05) is 12.1 Å². The standard InChI is InChI=1S/C29H22F7N5O2/c30-16-6-14(7-17(31)10-16)8-22(25-18(2-1-5-38-25)15-3-4-21(32)19(9-15)28(37)43)39-24(42)13-41-23-12-29(35,36)11-20(23)26(40-41)27(33)34/h1,3-10,18,27H,2,11-13H2,(H2,37,43)(H,39,42)/b22-8-. The van der Waals surface area contributed by atoms with Crippen LogP contribution in [0.4, 0.5) is 30.7 Å². The minimum atomic E-state index is -3.28. The molecule has 2 amide bonds. The zero-order chi connectivity index (χ0) is 31.1. The zero-order valence-corrected chi connectivity index (χ0v) is 22.1. The summed E-state index contributed by atoms with van der Waals surface area (Å²) in [5.74, 6) is -8.61. The molecule has 14 heteroatoms. The van der Waals surface area contributed by atoms with Crippen LogP contribution >= 0.6 is 0 Å². The first-order chi connectivity index (χ1) is 20.3. The molecule has 2 aromatic carbocycles. The van der Waals surface area contributed by atoms with Crippen molar-refractivity contribution in [3.05, 3.63) is 105 Å². The molecule has 1 aliphatic heterocycles. The average molecular weight is 606 g/mol. The maximum Gasteiger partial charge on any atom is 0.282 e. The second-order valence-corrected chi connectivity index (χ2v) is 10.1. The number of hydrogen-bond acceptors (Lipinski definition) is 4. The number of carbonyl (C=O) groups is 2. The van der Waals surface area contributed by atoms with E-state index >= 15 is 0 Å². The van der Waals surface area contributed by atoms with E-state index in [-0.39, 0.29) is 34.7 Å².